The first-order valence-corrected chi connectivity index (χ1v) is 19.4. The molecule has 0 aromatic heterocycles. The van der Waals surface area contributed by atoms with E-state index in [2.05, 4.69) is 187 Å². The fourth-order valence-corrected chi connectivity index (χ4v) is 9.92. The number of thioether (sulfide) groups is 1. The van der Waals surface area contributed by atoms with Crippen LogP contribution in [0.15, 0.2) is 202 Å². The van der Waals surface area contributed by atoms with Gasteiger partial charge in [-0.25, -0.2) is 0 Å². The van der Waals surface area contributed by atoms with Gasteiger partial charge in [0, 0.05) is 48.4 Å². The van der Waals surface area contributed by atoms with Crippen LogP contribution in [0.3, 0.4) is 0 Å². The van der Waals surface area contributed by atoms with Crippen LogP contribution in [0.1, 0.15) is 24.3 Å². The first-order valence-electron chi connectivity index (χ1n) is 17.7. The molecule has 1 aliphatic heterocycles. The van der Waals surface area contributed by atoms with E-state index in [0.717, 1.165) is 24.2 Å². The maximum atomic E-state index is 3.75. The van der Waals surface area contributed by atoms with Crippen LogP contribution in [0.5, 0.6) is 0 Å². The van der Waals surface area contributed by atoms with Gasteiger partial charge in [-0.15, -0.1) is 11.8 Å². The molecule has 51 heavy (non-hydrogen) atoms. The average Bonchev–Trinajstić information content (AvgIpc) is 3.20. The van der Waals surface area contributed by atoms with Crippen molar-refractivity contribution in [3.63, 3.8) is 0 Å². The molecular formula is C48H37NS2. The molecule has 6 aromatic carbocycles. The molecule has 0 spiro atoms. The van der Waals surface area contributed by atoms with Gasteiger partial charge in [0.15, 0.2) is 0 Å². The highest BCUT2D eigenvalue weighted by Crippen LogP contribution is 2.52. The van der Waals surface area contributed by atoms with E-state index in [1.54, 1.807) is 0 Å². The second kappa shape index (κ2) is 14.2. The lowest BCUT2D eigenvalue weighted by atomic mass is 9.90. The predicted octanol–water partition coefficient (Wildman–Crippen LogP) is 13.8. The molecule has 3 heteroatoms. The fraction of sp³-hybridized carbons (Fsp3) is 0.0833. The number of hydrogen-bond acceptors (Lipinski definition) is 3. The molecule has 6 aromatic rings. The maximum absolute atomic E-state index is 3.75. The van der Waals surface area contributed by atoms with Gasteiger partial charge in [0.05, 0.1) is 0 Å². The highest BCUT2D eigenvalue weighted by molar-refractivity contribution is 8.00. The molecule has 0 fully saturated rings. The monoisotopic (exact) mass is 691 g/mol. The van der Waals surface area contributed by atoms with E-state index in [1.807, 2.05) is 23.5 Å². The lowest BCUT2D eigenvalue weighted by Crippen LogP contribution is -2.15. The molecule has 2 aliphatic carbocycles. The fourth-order valence-electron chi connectivity index (χ4n) is 7.40. The number of allylic oxidation sites excluding steroid dienone is 6. The highest BCUT2D eigenvalue weighted by atomic mass is 32.2. The molecule has 0 radical (unpaired) electrons. The van der Waals surface area contributed by atoms with Gasteiger partial charge in [0.2, 0.25) is 0 Å². The minimum absolute atomic E-state index is 0.272. The molecule has 246 valence electrons. The zero-order chi connectivity index (χ0) is 34.0. The van der Waals surface area contributed by atoms with Gasteiger partial charge in [-0.3, -0.25) is 0 Å². The summed E-state index contributed by atoms with van der Waals surface area (Å²) in [7, 11) is 0. The van der Waals surface area contributed by atoms with E-state index in [-0.39, 0.29) is 11.2 Å². The van der Waals surface area contributed by atoms with Gasteiger partial charge in [-0.2, -0.15) is 0 Å². The first kappa shape index (κ1) is 31.7. The Kier molecular flexibility index (Phi) is 8.83. The molecule has 3 aliphatic rings. The van der Waals surface area contributed by atoms with Crippen molar-refractivity contribution >= 4 is 29.2 Å². The molecule has 9 rings (SSSR count). The van der Waals surface area contributed by atoms with Gasteiger partial charge in [0.25, 0.3) is 0 Å². The third-order valence-corrected chi connectivity index (χ3v) is 12.4. The van der Waals surface area contributed by atoms with Gasteiger partial charge < -0.3 is 5.32 Å². The van der Waals surface area contributed by atoms with E-state index < -0.39 is 0 Å². The van der Waals surface area contributed by atoms with Crippen molar-refractivity contribution in [1.82, 2.24) is 0 Å². The lowest BCUT2D eigenvalue weighted by Gasteiger charge is -2.29. The highest BCUT2D eigenvalue weighted by Gasteiger charge is 2.28. The number of nitrogens with one attached hydrogen (secondary N) is 1. The van der Waals surface area contributed by atoms with Crippen LogP contribution in [0.4, 0.5) is 5.69 Å². The Bertz CT molecular complexity index is 2350. The van der Waals surface area contributed by atoms with E-state index in [9.17, 15) is 0 Å². The summed E-state index contributed by atoms with van der Waals surface area (Å²) in [5.74, 6) is 0.282. The van der Waals surface area contributed by atoms with Gasteiger partial charge >= 0.3 is 0 Å². The van der Waals surface area contributed by atoms with E-state index in [1.165, 1.54) is 64.8 Å². The number of anilines is 1. The molecular weight excluding hydrogens is 655 g/mol. The summed E-state index contributed by atoms with van der Waals surface area (Å²) in [5.41, 5.74) is 13.5. The minimum atomic E-state index is 0.272. The molecule has 0 saturated heterocycles. The van der Waals surface area contributed by atoms with Crippen LogP contribution >= 0.6 is 23.5 Å². The Morgan fingerprint density at radius 2 is 1.29 bits per heavy atom. The Balaban J connectivity index is 1.26. The van der Waals surface area contributed by atoms with Crippen molar-refractivity contribution in [3.8, 4) is 44.5 Å². The maximum Gasteiger partial charge on any atom is 0.0464 e. The Morgan fingerprint density at radius 3 is 2.14 bits per heavy atom. The van der Waals surface area contributed by atoms with E-state index >= 15 is 0 Å². The van der Waals surface area contributed by atoms with E-state index in [0.29, 0.717) is 0 Å². The SMILES string of the molecule is C1=CC2Sc3cc(-c4ccccc4)ccc3-c3c(cccc3-c3ccc(NC4=CCCC=C4)c(-c4ccccc4)c3)Sc3ccccc3C2C=C1. The van der Waals surface area contributed by atoms with Crippen molar-refractivity contribution < 1.29 is 0 Å². The van der Waals surface area contributed by atoms with Gasteiger partial charge in [0.1, 0.15) is 0 Å². The zero-order valence-electron chi connectivity index (χ0n) is 28.2. The van der Waals surface area contributed by atoms with Crippen molar-refractivity contribution in [2.45, 2.75) is 38.7 Å². The minimum Gasteiger partial charge on any atom is -0.355 e. The molecule has 2 atom stereocenters. The topological polar surface area (TPSA) is 12.0 Å². The Hall–Kier alpha value is -5.22. The quantitative estimate of drug-likeness (QED) is 0.193. The second-order valence-electron chi connectivity index (χ2n) is 13.2. The summed E-state index contributed by atoms with van der Waals surface area (Å²) in [5, 5.41) is 4.02. The summed E-state index contributed by atoms with van der Waals surface area (Å²) in [6.45, 7) is 0. The summed E-state index contributed by atoms with van der Waals surface area (Å²) >= 11 is 3.89. The standard InChI is InChI=1S/C48H37NS2/c1-4-15-33(16-5-1)35-27-29-41-47(32-35)51-45-25-13-11-22-40(45)39-21-10-12-24-44(39)50-46-26-14-23-38(48(41)46)36-28-30-43(49-37-19-8-3-9-20-37)42(31-36)34-17-6-2-7-18-34/h1-2,4-8,10-32,40,45,49H,3,9H2. The van der Waals surface area contributed by atoms with Crippen LogP contribution in [0.2, 0.25) is 0 Å². The number of hydrogen-bond donors (Lipinski definition) is 1. The van der Waals surface area contributed by atoms with Gasteiger partial charge in [-0.1, -0.05) is 157 Å². The third kappa shape index (κ3) is 6.44. The summed E-state index contributed by atoms with van der Waals surface area (Å²) < 4.78 is 0. The molecule has 0 bridgehead atoms. The van der Waals surface area contributed by atoms with Crippen molar-refractivity contribution in [2.24, 2.45) is 0 Å². The van der Waals surface area contributed by atoms with Crippen LogP contribution in [0.25, 0.3) is 44.5 Å². The lowest BCUT2D eigenvalue weighted by molar-refractivity contribution is 0.847. The van der Waals surface area contributed by atoms with Crippen molar-refractivity contribution in [1.29, 1.82) is 0 Å². The average molecular weight is 692 g/mol. The largest absolute Gasteiger partial charge is 0.355 e. The molecule has 2 unspecified atom stereocenters. The smallest absolute Gasteiger partial charge is 0.0464 e. The summed E-state index contributed by atoms with van der Waals surface area (Å²) in [6, 6.07) is 51.4. The normalized spacial score (nSPS) is 17.4. The van der Waals surface area contributed by atoms with Crippen molar-refractivity contribution in [3.05, 3.63) is 193 Å². The van der Waals surface area contributed by atoms with Gasteiger partial charge in [-0.05, 0) is 88.2 Å². The molecule has 1 N–H and O–H groups in total. The Labute approximate surface area is 309 Å². The third-order valence-electron chi connectivity index (χ3n) is 9.92. The van der Waals surface area contributed by atoms with Crippen LogP contribution in [0, 0.1) is 0 Å². The van der Waals surface area contributed by atoms with Crippen molar-refractivity contribution in [2.75, 3.05) is 5.32 Å². The zero-order valence-corrected chi connectivity index (χ0v) is 29.8. The number of benzene rings is 6. The molecule has 1 heterocycles. The van der Waals surface area contributed by atoms with Crippen LogP contribution in [-0.4, -0.2) is 5.25 Å². The molecule has 0 saturated carbocycles. The predicted molar refractivity (Wildman–Crippen MR) is 219 cm³/mol. The molecule has 1 nitrogen and oxygen atoms in total. The second-order valence-corrected chi connectivity index (χ2v) is 15.5. The summed E-state index contributed by atoms with van der Waals surface area (Å²) in [6.07, 6.45) is 18.1. The number of fused-ring (bicyclic) bond motifs is 6. The van der Waals surface area contributed by atoms with E-state index in [4.69, 9.17) is 0 Å². The summed E-state index contributed by atoms with van der Waals surface area (Å²) in [4.78, 5) is 3.88. The first-order chi connectivity index (χ1) is 25.3. The van der Waals surface area contributed by atoms with Crippen LogP contribution < -0.4 is 5.32 Å². The van der Waals surface area contributed by atoms with Crippen LogP contribution in [-0.2, 0) is 0 Å². The Morgan fingerprint density at radius 1 is 0.529 bits per heavy atom. The number of rotatable bonds is 5. The molecule has 0 amide bonds.